The van der Waals surface area contributed by atoms with Gasteiger partial charge in [-0.05, 0) is 6.42 Å². The normalized spacial score (nSPS) is 6.25. The van der Waals surface area contributed by atoms with Gasteiger partial charge in [-0.25, -0.2) is 0 Å². The van der Waals surface area contributed by atoms with Gasteiger partial charge in [0, 0.05) is 6.42 Å². The van der Waals surface area contributed by atoms with Crippen LogP contribution in [0, 0.1) is 0 Å². The number of aldehydes is 1. The number of hydrogen-bond donors (Lipinski definition) is 0. The number of carbonyl (C=O) groups is 1. The molecule has 0 N–H and O–H groups in total. The molecule has 0 aliphatic heterocycles. The van der Waals surface area contributed by atoms with Crippen LogP contribution in [-0.4, -0.2) is 6.29 Å². The Labute approximate surface area is 51.4 Å². The standard InChI is InChI=1S/C4H8.C3H6O/c1-3-4-2;1-2-3-4/h3H,1,4H2,2H3;3H,2H2,1H3. The van der Waals surface area contributed by atoms with Gasteiger partial charge in [0.1, 0.15) is 6.29 Å². The summed E-state index contributed by atoms with van der Waals surface area (Å²) < 4.78 is 0. The van der Waals surface area contributed by atoms with Gasteiger partial charge >= 0.3 is 0 Å². The van der Waals surface area contributed by atoms with E-state index < -0.39 is 0 Å². The Morgan fingerprint density at radius 2 is 1.62 bits per heavy atom. The van der Waals surface area contributed by atoms with Crippen LogP contribution in [0.15, 0.2) is 12.7 Å². The van der Waals surface area contributed by atoms with Crippen LogP contribution in [-0.2, 0) is 4.79 Å². The Balaban J connectivity index is 0. The second-order valence-corrected chi connectivity index (χ2v) is 1.27. The van der Waals surface area contributed by atoms with Crippen molar-refractivity contribution in [1.29, 1.82) is 0 Å². The largest absolute Gasteiger partial charge is 0.303 e. The molecule has 0 aromatic rings. The van der Waals surface area contributed by atoms with Gasteiger partial charge in [-0.2, -0.15) is 0 Å². The van der Waals surface area contributed by atoms with E-state index in [0.717, 1.165) is 12.7 Å². The average molecular weight is 114 g/mol. The second kappa shape index (κ2) is 16.1. The topological polar surface area (TPSA) is 17.1 Å². The molecule has 0 aromatic heterocycles. The molecule has 8 heavy (non-hydrogen) atoms. The van der Waals surface area contributed by atoms with E-state index in [1.165, 1.54) is 0 Å². The molecule has 0 rings (SSSR count). The Hall–Kier alpha value is -0.590. The maximum absolute atomic E-state index is 9.17. The number of allylic oxidation sites excluding steroid dienone is 1. The predicted octanol–water partition coefficient (Wildman–Crippen LogP) is 2.18. The third kappa shape index (κ3) is 52.9. The predicted molar refractivity (Wildman–Crippen MR) is 36.8 cm³/mol. The lowest BCUT2D eigenvalue weighted by Gasteiger charge is -1.57. The smallest absolute Gasteiger partial charge is 0.119 e. The van der Waals surface area contributed by atoms with Crippen molar-refractivity contribution in [2.45, 2.75) is 26.7 Å². The summed E-state index contributed by atoms with van der Waals surface area (Å²) in [6.45, 7) is 7.35. The van der Waals surface area contributed by atoms with Crippen LogP contribution < -0.4 is 0 Å². The minimum Gasteiger partial charge on any atom is -0.303 e. The zero-order valence-corrected chi connectivity index (χ0v) is 5.68. The summed E-state index contributed by atoms with van der Waals surface area (Å²) in [5, 5.41) is 0. The molecular weight excluding hydrogens is 100 g/mol. The fraction of sp³-hybridized carbons (Fsp3) is 0.571. The second-order valence-electron chi connectivity index (χ2n) is 1.27. The van der Waals surface area contributed by atoms with Gasteiger partial charge in [-0.1, -0.05) is 19.9 Å². The Morgan fingerprint density at radius 1 is 1.38 bits per heavy atom. The van der Waals surface area contributed by atoms with Gasteiger partial charge in [0.2, 0.25) is 0 Å². The highest BCUT2D eigenvalue weighted by Gasteiger charge is 1.52. The third-order valence-corrected chi connectivity index (χ3v) is 0.455. The highest BCUT2D eigenvalue weighted by Crippen LogP contribution is 1.66. The van der Waals surface area contributed by atoms with Crippen molar-refractivity contribution < 1.29 is 4.79 Å². The van der Waals surface area contributed by atoms with Crippen LogP contribution in [0.3, 0.4) is 0 Å². The van der Waals surface area contributed by atoms with Crippen LogP contribution >= 0.6 is 0 Å². The molecule has 0 radical (unpaired) electrons. The average Bonchev–Trinajstić information content (AvgIpc) is 1.88. The van der Waals surface area contributed by atoms with E-state index in [1.807, 2.05) is 13.0 Å². The quantitative estimate of drug-likeness (QED) is 0.397. The monoisotopic (exact) mass is 114 g/mol. The Kier molecular flexibility index (Phi) is 21.0. The highest BCUT2D eigenvalue weighted by atomic mass is 16.1. The molecule has 0 aromatic carbocycles. The van der Waals surface area contributed by atoms with Gasteiger partial charge < -0.3 is 4.79 Å². The van der Waals surface area contributed by atoms with Gasteiger partial charge in [0.25, 0.3) is 0 Å². The van der Waals surface area contributed by atoms with E-state index >= 15 is 0 Å². The van der Waals surface area contributed by atoms with Crippen LogP contribution in [0.25, 0.3) is 0 Å². The maximum atomic E-state index is 9.17. The Bertz CT molecular complexity index is 40.3. The van der Waals surface area contributed by atoms with Crippen LogP contribution in [0.2, 0.25) is 0 Å². The zero-order chi connectivity index (χ0) is 6.83. The minimum absolute atomic E-state index is 0.639. The lowest BCUT2D eigenvalue weighted by molar-refractivity contribution is -0.107. The van der Waals surface area contributed by atoms with Gasteiger partial charge in [0.05, 0.1) is 0 Å². The lowest BCUT2D eigenvalue weighted by atomic mass is 10.5. The van der Waals surface area contributed by atoms with E-state index in [9.17, 15) is 4.79 Å². The zero-order valence-electron chi connectivity index (χ0n) is 5.68. The number of hydrogen-bond acceptors (Lipinski definition) is 1. The molecule has 0 bridgehead atoms. The molecule has 48 valence electrons. The molecular formula is C7H14O. The summed E-state index contributed by atoms with van der Waals surface area (Å²) in [6, 6.07) is 0. The molecule has 0 heterocycles. The summed E-state index contributed by atoms with van der Waals surface area (Å²) in [5.74, 6) is 0. The molecule has 0 spiro atoms. The number of carbonyl (C=O) groups excluding carboxylic acids is 1. The summed E-state index contributed by atoms with van der Waals surface area (Å²) in [7, 11) is 0. The van der Waals surface area contributed by atoms with E-state index in [4.69, 9.17) is 0 Å². The summed E-state index contributed by atoms with van der Waals surface area (Å²) >= 11 is 0. The first-order valence-corrected chi connectivity index (χ1v) is 2.87. The highest BCUT2D eigenvalue weighted by molar-refractivity contribution is 5.48. The fourth-order valence-corrected chi connectivity index (χ4v) is 0. The molecule has 0 amide bonds. The van der Waals surface area contributed by atoms with E-state index in [-0.39, 0.29) is 0 Å². The van der Waals surface area contributed by atoms with Crippen LogP contribution in [0.1, 0.15) is 26.7 Å². The molecule has 0 atom stereocenters. The molecule has 1 nitrogen and oxygen atoms in total. The summed E-state index contributed by atoms with van der Waals surface area (Å²) in [4.78, 5) is 9.17. The maximum Gasteiger partial charge on any atom is 0.119 e. The molecule has 1 heteroatoms. The van der Waals surface area contributed by atoms with Crippen molar-refractivity contribution in [1.82, 2.24) is 0 Å². The molecule has 0 unspecified atom stereocenters. The van der Waals surface area contributed by atoms with E-state index in [0.29, 0.717) is 6.42 Å². The SMILES string of the molecule is C=CCC.CCC=O. The van der Waals surface area contributed by atoms with Crippen molar-refractivity contribution in [2.75, 3.05) is 0 Å². The van der Waals surface area contributed by atoms with Gasteiger partial charge in [-0.3, -0.25) is 0 Å². The summed E-state index contributed by atoms with van der Waals surface area (Å²) in [6.07, 6.45) is 4.47. The van der Waals surface area contributed by atoms with Gasteiger partial charge in [-0.15, -0.1) is 6.58 Å². The first-order valence-electron chi connectivity index (χ1n) is 2.87. The van der Waals surface area contributed by atoms with E-state index in [2.05, 4.69) is 13.5 Å². The fourth-order valence-electron chi connectivity index (χ4n) is 0. The van der Waals surface area contributed by atoms with Crippen molar-refractivity contribution >= 4 is 6.29 Å². The van der Waals surface area contributed by atoms with Crippen molar-refractivity contribution in [3.63, 3.8) is 0 Å². The van der Waals surface area contributed by atoms with Crippen molar-refractivity contribution in [3.8, 4) is 0 Å². The Morgan fingerprint density at radius 3 is 1.62 bits per heavy atom. The van der Waals surface area contributed by atoms with Crippen LogP contribution in [0.5, 0.6) is 0 Å². The van der Waals surface area contributed by atoms with E-state index in [1.54, 1.807) is 0 Å². The third-order valence-electron chi connectivity index (χ3n) is 0.455. The van der Waals surface area contributed by atoms with Gasteiger partial charge in [0.15, 0.2) is 0 Å². The summed E-state index contributed by atoms with van der Waals surface area (Å²) in [5.41, 5.74) is 0. The minimum atomic E-state index is 0.639. The van der Waals surface area contributed by atoms with Crippen molar-refractivity contribution in [3.05, 3.63) is 12.7 Å². The molecule has 0 fully saturated rings. The number of rotatable bonds is 2. The molecule has 0 saturated heterocycles. The van der Waals surface area contributed by atoms with Crippen LogP contribution in [0.4, 0.5) is 0 Å². The van der Waals surface area contributed by atoms with Crippen molar-refractivity contribution in [2.24, 2.45) is 0 Å². The first-order chi connectivity index (χ1) is 3.83. The molecule has 0 aliphatic carbocycles. The first kappa shape index (κ1) is 10.4. The lowest BCUT2D eigenvalue weighted by Crippen LogP contribution is -1.55. The molecule has 0 saturated carbocycles. The molecule has 0 aliphatic rings.